The van der Waals surface area contributed by atoms with Gasteiger partial charge in [0.15, 0.2) is 0 Å². The van der Waals surface area contributed by atoms with Crippen molar-refractivity contribution in [1.29, 1.82) is 0 Å². The van der Waals surface area contributed by atoms with Gasteiger partial charge in [0.2, 0.25) is 0 Å². The number of nitrogens with one attached hydrogen (secondary N) is 1. The second kappa shape index (κ2) is 2.32. The van der Waals surface area contributed by atoms with E-state index >= 15 is 0 Å². The number of hydrogen-bond donors (Lipinski definition) is 1. The lowest BCUT2D eigenvalue weighted by Gasteiger charge is -1.85. The van der Waals surface area contributed by atoms with E-state index in [1.807, 2.05) is 0 Å². The average Bonchev–Trinajstić information content (AvgIpc) is 2.34. The van der Waals surface area contributed by atoms with Crippen LogP contribution in [0.5, 0.6) is 0 Å². The predicted molar refractivity (Wildman–Crippen MR) is 45.3 cm³/mol. The minimum Gasteiger partial charge on any atom is -0.313 e. The molecule has 11 heavy (non-hydrogen) atoms. The van der Waals surface area contributed by atoms with Gasteiger partial charge in [0, 0.05) is 5.38 Å². The van der Waals surface area contributed by atoms with Gasteiger partial charge in [-0.25, -0.2) is 4.98 Å². The fourth-order valence-electron chi connectivity index (χ4n) is 0.850. The molecule has 3 nitrogen and oxygen atoms in total. The molecule has 0 saturated heterocycles. The number of aromatic nitrogens is 2. The molecule has 56 valence electrons. The van der Waals surface area contributed by atoms with E-state index in [-0.39, 0.29) is 5.56 Å². The maximum absolute atomic E-state index is 11.1. The number of thiophene rings is 1. The second-order valence-corrected chi connectivity index (χ2v) is 3.26. The van der Waals surface area contributed by atoms with Crippen LogP contribution < -0.4 is 5.56 Å². The Morgan fingerprint density at radius 3 is 3.18 bits per heavy atom. The Kier molecular flexibility index (Phi) is 1.44. The van der Waals surface area contributed by atoms with Gasteiger partial charge in [0.1, 0.15) is 4.83 Å². The summed E-state index contributed by atoms with van der Waals surface area (Å²) in [5.74, 6) is 0. The largest absolute Gasteiger partial charge is 0.313 e. The summed E-state index contributed by atoms with van der Waals surface area (Å²) < 4.78 is 0. The molecular formula is C6H3ClN2OS. The molecular weight excluding hydrogens is 184 g/mol. The van der Waals surface area contributed by atoms with E-state index in [0.29, 0.717) is 15.2 Å². The zero-order chi connectivity index (χ0) is 7.84. The first-order chi connectivity index (χ1) is 5.29. The van der Waals surface area contributed by atoms with E-state index in [1.165, 1.54) is 17.7 Å². The van der Waals surface area contributed by atoms with E-state index in [4.69, 9.17) is 11.6 Å². The monoisotopic (exact) mass is 186 g/mol. The van der Waals surface area contributed by atoms with Gasteiger partial charge in [0.05, 0.1) is 16.7 Å². The van der Waals surface area contributed by atoms with E-state index < -0.39 is 0 Å². The molecule has 2 aromatic heterocycles. The van der Waals surface area contributed by atoms with E-state index in [0.717, 1.165) is 0 Å². The molecule has 2 rings (SSSR count). The fourth-order valence-corrected chi connectivity index (χ4v) is 1.98. The highest BCUT2D eigenvalue weighted by molar-refractivity contribution is 7.17. The number of hydrogen-bond acceptors (Lipinski definition) is 3. The predicted octanol–water partition coefficient (Wildman–Crippen LogP) is 1.64. The maximum atomic E-state index is 11.1. The first-order valence-electron chi connectivity index (χ1n) is 2.89. The number of rotatable bonds is 0. The summed E-state index contributed by atoms with van der Waals surface area (Å²) in [7, 11) is 0. The van der Waals surface area contributed by atoms with Crippen molar-refractivity contribution in [3.05, 3.63) is 27.1 Å². The Morgan fingerprint density at radius 2 is 2.45 bits per heavy atom. The van der Waals surface area contributed by atoms with Crippen LogP contribution in [0, 0.1) is 0 Å². The van der Waals surface area contributed by atoms with Crippen LogP contribution in [-0.4, -0.2) is 9.97 Å². The molecule has 0 atom stereocenters. The highest BCUT2D eigenvalue weighted by Crippen LogP contribution is 2.24. The van der Waals surface area contributed by atoms with Crippen molar-refractivity contribution in [1.82, 2.24) is 9.97 Å². The van der Waals surface area contributed by atoms with Gasteiger partial charge in [-0.3, -0.25) is 4.79 Å². The van der Waals surface area contributed by atoms with Gasteiger partial charge in [-0.1, -0.05) is 11.6 Å². The van der Waals surface area contributed by atoms with E-state index in [2.05, 4.69) is 9.97 Å². The van der Waals surface area contributed by atoms with E-state index in [1.54, 1.807) is 5.38 Å². The highest BCUT2D eigenvalue weighted by Gasteiger charge is 2.05. The summed E-state index contributed by atoms with van der Waals surface area (Å²) in [4.78, 5) is 18.2. The van der Waals surface area contributed by atoms with Crippen LogP contribution in [0.1, 0.15) is 0 Å². The second-order valence-electron chi connectivity index (χ2n) is 2.00. The standard InChI is InChI=1S/C6H3ClN2OS/c7-3-1-11-6-4(3)5(10)8-2-9-6/h1-2H,(H,8,9,10). The summed E-state index contributed by atoms with van der Waals surface area (Å²) >= 11 is 7.09. The van der Waals surface area contributed by atoms with Crippen molar-refractivity contribution in [2.24, 2.45) is 0 Å². The summed E-state index contributed by atoms with van der Waals surface area (Å²) in [5.41, 5.74) is -0.179. The molecule has 2 heterocycles. The topological polar surface area (TPSA) is 45.8 Å². The van der Waals surface area contributed by atoms with Gasteiger partial charge in [-0.15, -0.1) is 11.3 Å². The van der Waals surface area contributed by atoms with Crippen molar-refractivity contribution in [3.8, 4) is 0 Å². The van der Waals surface area contributed by atoms with Crippen molar-refractivity contribution in [3.63, 3.8) is 0 Å². The van der Waals surface area contributed by atoms with Crippen LogP contribution in [0.2, 0.25) is 5.02 Å². The van der Waals surface area contributed by atoms with Gasteiger partial charge in [-0.05, 0) is 0 Å². The van der Waals surface area contributed by atoms with Crippen molar-refractivity contribution in [2.45, 2.75) is 0 Å². The minimum absolute atomic E-state index is 0.179. The average molecular weight is 187 g/mol. The quantitative estimate of drug-likeness (QED) is 0.680. The minimum atomic E-state index is -0.179. The van der Waals surface area contributed by atoms with Gasteiger partial charge >= 0.3 is 0 Å². The maximum Gasteiger partial charge on any atom is 0.260 e. The Morgan fingerprint density at radius 1 is 1.64 bits per heavy atom. The summed E-state index contributed by atoms with van der Waals surface area (Å²) in [6, 6.07) is 0. The van der Waals surface area contributed by atoms with Crippen molar-refractivity contribution >= 4 is 33.2 Å². The molecule has 0 unspecified atom stereocenters. The third-order valence-corrected chi connectivity index (χ3v) is 2.65. The lowest BCUT2D eigenvalue weighted by atomic mass is 10.4. The number of aromatic amines is 1. The molecule has 0 spiro atoms. The zero-order valence-electron chi connectivity index (χ0n) is 5.30. The normalized spacial score (nSPS) is 10.6. The Hall–Kier alpha value is -0.870. The van der Waals surface area contributed by atoms with E-state index in [9.17, 15) is 4.79 Å². The molecule has 1 N–H and O–H groups in total. The first kappa shape index (κ1) is 6.82. The Labute approximate surface area is 70.7 Å². The molecule has 0 fully saturated rings. The lowest BCUT2D eigenvalue weighted by Crippen LogP contribution is -2.04. The molecule has 0 aliphatic heterocycles. The SMILES string of the molecule is O=c1[nH]cnc2scc(Cl)c12. The molecule has 2 aromatic rings. The summed E-state index contributed by atoms with van der Waals surface area (Å²) in [6.07, 6.45) is 1.37. The number of fused-ring (bicyclic) bond motifs is 1. The molecule has 0 aliphatic rings. The molecule has 0 bridgehead atoms. The molecule has 0 aromatic carbocycles. The summed E-state index contributed by atoms with van der Waals surface area (Å²) in [6.45, 7) is 0. The van der Waals surface area contributed by atoms with Crippen molar-refractivity contribution < 1.29 is 0 Å². The lowest BCUT2D eigenvalue weighted by molar-refractivity contribution is 1.18. The zero-order valence-corrected chi connectivity index (χ0v) is 6.87. The number of halogens is 1. The van der Waals surface area contributed by atoms with Crippen LogP contribution in [0.4, 0.5) is 0 Å². The number of nitrogens with zero attached hydrogens (tertiary/aromatic N) is 1. The highest BCUT2D eigenvalue weighted by atomic mass is 35.5. The third-order valence-electron chi connectivity index (χ3n) is 1.33. The van der Waals surface area contributed by atoms with Gasteiger partial charge < -0.3 is 4.98 Å². The Balaban J connectivity index is 3.08. The van der Waals surface area contributed by atoms with Crippen LogP contribution in [0.3, 0.4) is 0 Å². The van der Waals surface area contributed by atoms with Crippen LogP contribution in [0.15, 0.2) is 16.5 Å². The Bertz CT molecular complexity index is 447. The summed E-state index contributed by atoms with van der Waals surface area (Å²) in [5, 5.41) is 2.66. The molecule has 0 radical (unpaired) electrons. The fraction of sp³-hybridized carbons (Fsp3) is 0. The molecule has 0 aliphatic carbocycles. The van der Waals surface area contributed by atoms with Crippen LogP contribution in [-0.2, 0) is 0 Å². The van der Waals surface area contributed by atoms with Crippen LogP contribution in [0.25, 0.3) is 10.2 Å². The van der Waals surface area contributed by atoms with Crippen LogP contribution >= 0.6 is 22.9 Å². The molecule has 0 amide bonds. The smallest absolute Gasteiger partial charge is 0.260 e. The van der Waals surface area contributed by atoms with Gasteiger partial charge in [-0.2, -0.15) is 0 Å². The first-order valence-corrected chi connectivity index (χ1v) is 4.15. The third kappa shape index (κ3) is 0.948. The number of H-pyrrole nitrogens is 1. The van der Waals surface area contributed by atoms with Gasteiger partial charge in [0.25, 0.3) is 5.56 Å². The molecule has 0 saturated carbocycles. The van der Waals surface area contributed by atoms with Crippen molar-refractivity contribution in [2.75, 3.05) is 0 Å². The molecule has 5 heteroatoms.